The first-order chi connectivity index (χ1) is 16.1. The van der Waals surface area contributed by atoms with Crippen LogP contribution in [0.1, 0.15) is 16.7 Å². The van der Waals surface area contributed by atoms with Crippen molar-refractivity contribution in [3.8, 4) is 0 Å². The smallest absolute Gasteiger partial charge is 0.407 e. The van der Waals surface area contributed by atoms with Crippen LogP contribution in [-0.4, -0.2) is 30.1 Å². The summed E-state index contributed by atoms with van der Waals surface area (Å²) in [6, 6.07) is 26.5. The third-order valence-electron chi connectivity index (χ3n) is 5.48. The average Bonchev–Trinajstić information content (AvgIpc) is 3.32. The van der Waals surface area contributed by atoms with Crippen molar-refractivity contribution in [3.05, 3.63) is 108 Å². The average molecular weight is 443 g/mol. The van der Waals surface area contributed by atoms with Crippen LogP contribution >= 0.6 is 0 Å². The summed E-state index contributed by atoms with van der Waals surface area (Å²) in [5, 5.41) is 3.70. The summed E-state index contributed by atoms with van der Waals surface area (Å²) in [5.74, 6) is -0.180. The van der Waals surface area contributed by atoms with Gasteiger partial charge in [-0.2, -0.15) is 0 Å². The molecule has 1 heterocycles. The molecule has 3 aromatic carbocycles. The summed E-state index contributed by atoms with van der Waals surface area (Å²) in [5.41, 5.74) is 3.73. The first kappa shape index (κ1) is 22.1. The van der Waals surface area contributed by atoms with E-state index in [9.17, 15) is 9.59 Å². The molecule has 4 aromatic rings. The van der Waals surface area contributed by atoms with E-state index in [0.717, 1.165) is 27.7 Å². The lowest BCUT2D eigenvalue weighted by atomic mass is 10.0. The second-order valence-corrected chi connectivity index (χ2v) is 7.85. The van der Waals surface area contributed by atoms with Crippen molar-refractivity contribution < 1.29 is 18.7 Å². The van der Waals surface area contributed by atoms with Gasteiger partial charge in [-0.3, -0.25) is 4.79 Å². The van der Waals surface area contributed by atoms with E-state index in [0.29, 0.717) is 19.5 Å². The first-order valence-electron chi connectivity index (χ1n) is 10.8. The minimum atomic E-state index is -0.763. The minimum absolute atomic E-state index is 0.180. The quantitative estimate of drug-likeness (QED) is 0.420. The Morgan fingerprint density at radius 3 is 2.24 bits per heavy atom. The van der Waals surface area contributed by atoms with Crippen molar-refractivity contribution in [2.75, 3.05) is 7.11 Å². The highest BCUT2D eigenvalue weighted by Crippen LogP contribution is 2.20. The Labute approximate surface area is 192 Å². The molecule has 0 unspecified atom stereocenters. The van der Waals surface area contributed by atoms with E-state index in [4.69, 9.17) is 9.15 Å². The molecule has 2 amide bonds. The fourth-order valence-electron chi connectivity index (χ4n) is 3.82. The number of amides is 2. The Balaban J connectivity index is 1.62. The molecule has 0 aliphatic carbocycles. The zero-order valence-corrected chi connectivity index (χ0v) is 18.4. The number of alkyl carbamates (subject to hydrolysis) is 1. The van der Waals surface area contributed by atoms with Gasteiger partial charge in [-0.1, -0.05) is 66.7 Å². The van der Waals surface area contributed by atoms with Gasteiger partial charge in [0.15, 0.2) is 0 Å². The Hall–Kier alpha value is -4.06. The molecule has 0 spiro atoms. The van der Waals surface area contributed by atoms with Crippen LogP contribution in [0.25, 0.3) is 11.0 Å². The van der Waals surface area contributed by atoms with Crippen molar-refractivity contribution in [3.63, 3.8) is 0 Å². The van der Waals surface area contributed by atoms with Crippen molar-refractivity contribution >= 4 is 23.0 Å². The molecule has 168 valence electrons. The molecule has 6 nitrogen and oxygen atoms in total. The predicted octanol–water partition coefficient (Wildman–Crippen LogP) is 4.93. The lowest BCUT2D eigenvalue weighted by Crippen LogP contribution is -2.49. The molecule has 1 N–H and O–H groups in total. The Bertz CT molecular complexity index is 1200. The van der Waals surface area contributed by atoms with Crippen LogP contribution < -0.4 is 5.32 Å². The monoisotopic (exact) mass is 442 g/mol. The van der Waals surface area contributed by atoms with E-state index in [1.165, 1.54) is 7.11 Å². The molecular formula is C27H26N2O4. The van der Waals surface area contributed by atoms with Crippen LogP contribution in [0, 0.1) is 0 Å². The fourth-order valence-corrected chi connectivity index (χ4v) is 3.82. The molecule has 0 fully saturated rings. The second-order valence-electron chi connectivity index (χ2n) is 7.85. The van der Waals surface area contributed by atoms with E-state index < -0.39 is 12.1 Å². The highest BCUT2D eigenvalue weighted by atomic mass is 16.5. The SMILES string of the molecule is COC(=O)N[C@@H](Cc1ccccc1)C(=O)N(Cc1ccccc1)Cc1ccc2occc2c1. The number of methoxy groups -OCH3 is 1. The molecule has 0 aliphatic rings. The van der Waals surface area contributed by atoms with Gasteiger partial charge in [0.05, 0.1) is 13.4 Å². The number of hydrogen-bond acceptors (Lipinski definition) is 4. The van der Waals surface area contributed by atoms with Crippen molar-refractivity contribution in [1.82, 2.24) is 10.2 Å². The number of furan rings is 1. The van der Waals surface area contributed by atoms with Gasteiger partial charge in [0.25, 0.3) is 0 Å². The van der Waals surface area contributed by atoms with Crippen LogP contribution in [0.3, 0.4) is 0 Å². The largest absolute Gasteiger partial charge is 0.464 e. The van der Waals surface area contributed by atoms with Gasteiger partial charge in [-0.15, -0.1) is 0 Å². The van der Waals surface area contributed by atoms with Gasteiger partial charge in [0, 0.05) is 24.9 Å². The zero-order chi connectivity index (χ0) is 23.0. The van der Waals surface area contributed by atoms with Crippen LogP contribution in [0.5, 0.6) is 0 Å². The van der Waals surface area contributed by atoms with Crippen LogP contribution in [0.2, 0.25) is 0 Å². The van der Waals surface area contributed by atoms with E-state index in [1.54, 1.807) is 11.2 Å². The van der Waals surface area contributed by atoms with E-state index in [-0.39, 0.29) is 5.91 Å². The fraction of sp³-hybridized carbons (Fsp3) is 0.185. The van der Waals surface area contributed by atoms with Gasteiger partial charge in [0.2, 0.25) is 5.91 Å². The van der Waals surface area contributed by atoms with Gasteiger partial charge in [-0.05, 0) is 34.9 Å². The lowest BCUT2D eigenvalue weighted by molar-refractivity contribution is -0.134. The summed E-state index contributed by atoms with van der Waals surface area (Å²) >= 11 is 0. The lowest BCUT2D eigenvalue weighted by Gasteiger charge is -2.28. The molecule has 33 heavy (non-hydrogen) atoms. The summed E-state index contributed by atoms with van der Waals surface area (Å²) in [4.78, 5) is 27.6. The third kappa shape index (κ3) is 5.80. The molecule has 0 saturated carbocycles. The number of benzene rings is 3. The standard InChI is InChI=1S/C27H26N2O4/c1-32-27(31)28-24(17-20-8-4-2-5-9-20)26(30)29(18-21-10-6-3-7-11-21)19-22-12-13-25-23(16-22)14-15-33-25/h2-16,24H,17-19H2,1H3,(H,28,31)/t24-/m0/s1. The molecule has 0 aliphatic heterocycles. The van der Waals surface area contributed by atoms with Crippen molar-refractivity contribution in [2.45, 2.75) is 25.6 Å². The molecule has 0 bridgehead atoms. The van der Waals surface area contributed by atoms with E-state index >= 15 is 0 Å². The van der Waals surface area contributed by atoms with Crippen LogP contribution in [0.4, 0.5) is 4.79 Å². The highest BCUT2D eigenvalue weighted by Gasteiger charge is 2.27. The topological polar surface area (TPSA) is 71.8 Å². The molecule has 0 radical (unpaired) electrons. The van der Waals surface area contributed by atoms with Crippen molar-refractivity contribution in [1.29, 1.82) is 0 Å². The number of nitrogens with one attached hydrogen (secondary N) is 1. The highest BCUT2D eigenvalue weighted by molar-refractivity contribution is 5.86. The third-order valence-corrected chi connectivity index (χ3v) is 5.48. The number of carbonyl (C=O) groups is 2. The maximum Gasteiger partial charge on any atom is 0.407 e. The number of carbonyl (C=O) groups excluding carboxylic acids is 2. The van der Waals surface area contributed by atoms with Gasteiger partial charge >= 0.3 is 6.09 Å². The van der Waals surface area contributed by atoms with Crippen LogP contribution in [-0.2, 0) is 29.0 Å². The molecule has 0 saturated heterocycles. The molecule has 6 heteroatoms. The summed E-state index contributed by atoms with van der Waals surface area (Å²) < 4.78 is 10.2. The normalized spacial score (nSPS) is 11.7. The Kier molecular flexibility index (Phi) is 7.05. The predicted molar refractivity (Wildman–Crippen MR) is 126 cm³/mol. The summed E-state index contributed by atoms with van der Waals surface area (Å²) in [6.07, 6.45) is 1.38. The maximum absolute atomic E-state index is 13.8. The van der Waals surface area contributed by atoms with Gasteiger partial charge < -0.3 is 19.4 Å². The molecular weight excluding hydrogens is 416 g/mol. The second kappa shape index (κ2) is 10.5. The molecule has 4 rings (SSSR count). The molecule has 1 atom stereocenters. The number of ether oxygens (including phenoxy) is 1. The summed E-state index contributed by atoms with van der Waals surface area (Å²) in [7, 11) is 1.29. The van der Waals surface area contributed by atoms with E-state index in [1.807, 2.05) is 84.9 Å². The number of fused-ring (bicyclic) bond motifs is 1. The Morgan fingerprint density at radius 2 is 1.55 bits per heavy atom. The van der Waals surface area contributed by atoms with Crippen LogP contribution in [0.15, 0.2) is 95.6 Å². The number of hydrogen-bond donors (Lipinski definition) is 1. The van der Waals surface area contributed by atoms with E-state index in [2.05, 4.69) is 5.32 Å². The number of nitrogens with zero attached hydrogens (tertiary/aromatic N) is 1. The first-order valence-corrected chi connectivity index (χ1v) is 10.8. The Morgan fingerprint density at radius 1 is 0.879 bits per heavy atom. The molecule has 1 aromatic heterocycles. The summed E-state index contributed by atoms with van der Waals surface area (Å²) in [6.45, 7) is 0.806. The van der Waals surface area contributed by atoms with Gasteiger partial charge in [0.1, 0.15) is 11.6 Å². The number of rotatable bonds is 8. The van der Waals surface area contributed by atoms with Gasteiger partial charge in [-0.25, -0.2) is 4.79 Å². The minimum Gasteiger partial charge on any atom is -0.464 e. The zero-order valence-electron chi connectivity index (χ0n) is 18.4. The maximum atomic E-state index is 13.8. The van der Waals surface area contributed by atoms with Crippen molar-refractivity contribution in [2.24, 2.45) is 0 Å².